The fraction of sp³-hybridized carbons (Fsp3) is 0.227. The zero-order valence-corrected chi connectivity index (χ0v) is 16.8. The number of carbonyl (C=O) groups is 1. The first-order valence-electron chi connectivity index (χ1n) is 9.54. The zero-order chi connectivity index (χ0) is 21.1. The molecule has 0 bridgehead atoms. The van der Waals surface area contributed by atoms with Crippen LogP contribution in [-0.4, -0.2) is 34.7 Å². The molecule has 2 N–H and O–H groups in total. The second-order valence-corrected chi connectivity index (χ2v) is 6.86. The van der Waals surface area contributed by atoms with Crippen LogP contribution in [0.5, 0.6) is 11.5 Å². The molecule has 8 nitrogen and oxygen atoms in total. The number of rotatable bonds is 7. The number of carbonyl (C=O) groups excluding carboxylic acids is 1. The monoisotopic (exact) mass is 406 g/mol. The second-order valence-electron chi connectivity index (χ2n) is 6.86. The molecule has 154 valence electrons. The van der Waals surface area contributed by atoms with Gasteiger partial charge in [0.15, 0.2) is 11.5 Å². The number of hydrogen-bond acceptors (Lipinski definition) is 5. The van der Waals surface area contributed by atoms with Crippen molar-refractivity contribution in [2.45, 2.75) is 19.5 Å². The fourth-order valence-corrected chi connectivity index (χ4v) is 3.39. The maximum atomic E-state index is 12.9. The van der Waals surface area contributed by atoms with Crippen molar-refractivity contribution >= 4 is 27.8 Å². The Morgan fingerprint density at radius 3 is 2.60 bits per heavy atom. The van der Waals surface area contributed by atoms with E-state index in [1.807, 2.05) is 30.3 Å². The number of aromatic nitrogens is 3. The first kappa shape index (κ1) is 19.5. The van der Waals surface area contributed by atoms with Gasteiger partial charge in [0, 0.05) is 31.0 Å². The summed E-state index contributed by atoms with van der Waals surface area (Å²) in [7, 11) is 3.11. The third-order valence-corrected chi connectivity index (χ3v) is 4.99. The molecule has 0 saturated heterocycles. The highest BCUT2D eigenvalue weighted by Gasteiger charge is 2.15. The van der Waals surface area contributed by atoms with Gasteiger partial charge in [0.1, 0.15) is 11.0 Å². The van der Waals surface area contributed by atoms with Gasteiger partial charge in [-0.1, -0.05) is 30.3 Å². The third kappa shape index (κ3) is 3.71. The van der Waals surface area contributed by atoms with E-state index in [-0.39, 0.29) is 24.4 Å². The standard InChI is InChI=1S/C22H22N4O4/c1-29-17-10-15-16(11-18(17)30-2)25-21-20(15)24-13-26(22(21)28)9-8-19(27)23-12-14-6-4-3-5-7-14/h3-7,10-11,13,25H,8-9,12H2,1-2H3,(H,23,27). The Balaban J connectivity index is 1.53. The van der Waals surface area contributed by atoms with E-state index in [1.54, 1.807) is 26.4 Å². The third-order valence-electron chi connectivity index (χ3n) is 4.99. The van der Waals surface area contributed by atoms with Crippen LogP contribution < -0.4 is 20.3 Å². The van der Waals surface area contributed by atoms with Gasteiger partial charge in [-0.05, 0) is 11.6 Å². The lowest BCUT2D eigenvalue weighted by atomic mass is 10.2. The predicted octanol–water partition coefficient (Wildman–Crippen LogP) is 2.60. The van der Waals surface area contributed by atoms with Crippen LogP contribution in [0.15, 0.2) is 53.6 Å². The van der Waals surface area contributed by atoms with Crippen LogP contribution in [0.4, 0.5) is 0 Å². The summed E-state index contributed by atoms with van der Waals surface area (Å²) in [4.78, 5) is 32.6. The Bertz CT molecular complexity index is 1260. The van der Waals surface area contributed by atoms with Gasteiger partial charge in [0.2, 0.25) is 5.91 Å². The molecule has 0 fully saturated rings. The number of hydrogen-bond donors (Lipinski definition) is 2. The molecular weight excluding hydrogens is 384 g/mol. The molecule has 0 spiro atoms. The van der Waals surface area contributed by atoms with Crippen molar-refractivity contribution in [3.63, 3.8) is 0 Å². The van der Waals surface area contributed by atoms with Crippen molar-refractivity contribution in [2.24, 2.45) is 0 Å². The molecule has 4 rings (SSSR count). The summed E-state index contributed by atoms with van der Waals surface area (Å²) in [6, 6.07) is 13.2. The van der Waals surface area contributed by atoms with Crippen LogP contribution in [0.3, 0.4) is 0 Å². The molecule has 0 saturated carbocycles. The summed E-state index contributed by atoms with van der Waals surface area (Å²) in [6.45, 7) is 0.696. The molecule has 0 radical (unpaired) electrons. The Hall–Kier alpha value is -3.81. The minimum Gasteiger partial charge on any atom is -0.493 e. The number of fused-ring (bicyclic) bond motifs is 3. The van der Waals surface area contributed by atoms with Crippen molar-refractivity contribution in [3.8, 4) is 11.5 Å². The maximum Gasteiger partial charge on any atom is 0.277 e. The number of H-pyrrole nitrogens is 1. The van der Waals surface area contributed by atoms with E-state index in [0.717, 1.165) is 16.5 Å². The Morgan fingerprint density at radius 2 is 1.87 bits per heavy atom. The van der Waals surface area contributed by atoms with E-state index < -0.39 is 0 Å². The predicted molar refractivity (Wildman–Crippen MR) is 114 cm³/mol. The largest absolute Gasteiger partial charge is 0.493 e. The lowest BCUT2D eigenvalue weighted by molar-refractivity contribution is -0.121. The number of amides is 1. The second kappa shape index (κ2) is 8.28. The van der Waals surface area contributed by atoms with Crippen LogP contribution in [0.1, 0.15) is 12.0 Å². The number of methoxy groups -OCH3 is 2. The normalized spacial score (nSPS) is 11.0. The Morgan fingerprint density at radius 1 is 1.13 bits per heavy atom. The Kier molecular flexibility index (Phi) is 5.38. The van der Waals surface area contributed by atoms with Crippen LogP contribution in [0, 0.1) is 0 Å². The molecule has 1 amide bonds. The maximum absolute atomic E-state index is 12.9. The van der Waals surface area contributed by atoms with Gasteiger partial charge in [-0.2, -0.15) is 0 Å². The van der Waals surface area contributed by atoms with Crippen LogP contribution in [0.2, 0.25) is 0 Å². The smallest absolute Gasteiger partial charge is 0.277 e. The zero-order valence-electron chi connectivity index (χ0n) is 16.8. The van der Waals surface area contributed by atoms with Crippen LogP contribution in [0.25, 0.3) is 21.9 Å². The van der Waals surface area contributed by atoms with E-state index in [0.29, 0.717) is 29.1 Å². The molecule has 0 atom stereocenters. The molecular formula is C22H22N4O4. The number of nitrogens with zero attached hydrogens (tertiary/aromatic N) is 2. The fourth-order valence-electron chi connectivity index (χ4n) is 3.39. The molecule has 0 unspecified atom stereocenters. The summed E-state index contributed by atoms with van der Waals surface area (Å²) in [5.41, 5.74) is 2.46. The van der Waals surface area contributed by atoms with Crippen molar-refractivity contribution < 1.29 is 14.3 Å². The van der Waals surface area contributed by atoms with Crippen LogP contribution >= 0.6 is 0 Å². The SMILES string of the molecule is COc1cc2[nH]c3c(=O)n(CCC(=O)NCc4ccccc4)cnc3c2cc1OC. The highest BCUT2D eigenvalue weighted by molar-refractivity contribution is 6.05. The van der Waals surface area contributed by atoms with E-state index >= 15 is 0 Å². The topological polar surface area (TPSA) is 98.2 Å². The highest BCUT2D eigenvalue weighted by Crippen LogP contribution is 2.34. The van der Waals surface area contributed by atoms with Gasteiger partial charge in [0.25, 0.3) is 5.56 Å². The molecule has 0 aliphatic heterocycles. The van der Waals surface area contributed by atoms with Gasteiger partial charge in [-0.3, -0.25) is 14.2 Å². The average molecular weight is 406 g/mol. The molecule has 2 aromatic heterocycles. The highest BCUT2D eigenvalue weighted by atomic mass is 16.5. The minimum atomic E-state index is -0.231. The quantitative estimate of drug-likeness (QED) is 0.492. The summed E-state index contributed by atoms with van der Waals surface area (Å²) >= 11 is 0. The number of nitrogens with one attached hydrogen (secondary N) is 2. The number of aromatic amines is 1. The van der Waals surface area contributed by atoms with Crippen molar-refractivity contribution in [3.05, 3.63) is 64.7 Å². The van der Waals surface area contributed by atoms with Gasteiger partial charge in [-0.15, -0.1) is 0 Å². The number of aryl methyl sites for hydroxylation is 1. The average Bonchev–Trinajstić information content (AvgIpc) is 3.15. The first-order chi connectivity index (χ1) is 14.6. The Labute approximate surface area is 172 Å². The molecule has 8 heteroatoms. The summed E-state index contributed by atoms with van der Waals surface area (Å²) < 4.78 is 12.1. The molecule has 2 aromatic carbocycles. The lowest BCUT2D eigenvalue weighted by Crippen LogP contribution is -2.27. The summed E-state index contributed by atoms with van der Waals surface area (Å²) in [5, 5.41) is 3.63. The van der Waals surface area contributed by atoms with Crippen molar-refractivity contribution in [1.82, 2.24) is 19.9 Å². The number of benzene rings is 2. The summed E-state index contributed by atoms with van der Waals surface area (Å²) in [6.07, 6.45) is 1.65. The minimum absolute atomic E-state index is 0.128. The van der Waals surface area contributed by atoms with Gasteiger partial charge in [-0.25, -0.2) is 4.98 Å². The van der Waals surface area contributed by atoms with E-state index in [9.17, 15) is 9.59 Å². The van der Waals surface area contributed by atoms with Gasteiger partial charge >= 0.3 is 0 Å². The summed E-state index contributed by atoms with van der Waals surface area (Å²) in [5.74, 6) is 0.996. The first-order valence-corrected chi connectivity index (χ1v) is 9.54. The van der Waals surface area contributed by atoms with E-state index in [2.05, 4.69) is 15.3 Å². The van der Waals surface area contributed by atoms with Crippen LogP contribution in [-0.2, 0) is 17.9 Å². The van der Waals surface area contributed by atoms with Crippen molar-refractivity contribution in [1.29, 1.82) is 0 Å². The van der Waals surface area contributed by atoms with E-state index in [1.165, 1.54) is 10.9 Å². The lowest BCUT2D eigenvalue weighted by Gasteiger charge is -2.07. The molecule has 0 aliphatic rings. The van der Waals surface area contributed by atoms with Gasteiger partial charge in [0.05, 0.1) is 26.1 Å². The van der Waals surface area contributed by atoms with E-state index in [4.69, 9.17) is 9.47 Å². The molecule has 0 aliphatic carbocycles. The van der Waals surface area contributed by atoms with Gasteiger partial charge < -0.3 is 19.8 Å². The molecule has 30 heavy (non-hydrogen) atoms. The number of ether oxygens (including phenoxy) is 2. The molecule has 4 aromatic rings. The molecule has 2 heterocycles. The van der Waals surface area contributed by atoms with Crippen molar-refractivity contribution in [2.75, 3.05) is 14.2 Å².